The second-order valence-corrected chi connectivity index (χ2v) is 12.1. The Morgan fingerprint density at radius 1 is 1.05 bits per heavy atom. The maximum atomic E-state index is 14.0. The SMILES string of the molecule is CCC(C)c1ccc(NC(=O)c2cc3c(-c4cc(C(C)(C)O)ccc4Oc4c(C)cc(F)cc4C)cn(C)c(=O)c3[nH]2)cc1. The summed E-state index contributed by atoms with van der Waals surface area (Å²) in [6.07, 6.45) is 2.71. The summed E-state index contributed by atoms with van der Waals surface area (Å²) in [4.78, 5) is 29.6. The minimum absolute atomic E-state index is 0.224. The van der Waals surface area contributed by atoms with E-state index in [9.17, 15) is 19.1 Å². The summed E-state index contributed by atoms with van der Waals surface area (Å²) in [5, 5.41) is 14.3. The minimum Gasteiger partial charge on any atom is -0.456 e. The maximum Gasteiger partial charge on any atom is 0.274 e. The summed E-state index contributed by atoms with van der Waals surface area (Å²) < 4.78 is 21.9. The predicted octanol–water partition coefficient (Wildman–Crippen LogP) is 8.08. The van der Waals surface area contributed by atoms with Gasteiger partial charge in [-0.1, -0.05) is 32.0 Å². The van der Waals surface area contributed by atoms with Gasteiger partial charge >= 0.3 is 0 Å². The number of anilines is 1. The first-order valence-electron chi connectivity index (χ1n) is 14.7. The molecule has 44 heavy (non-hydrogen) atoms. The Morgan fingerprint density at radius 3 is 2.32 bits per heavy atom. The number of amides is 1. The van der Waals surface area contributed by atoms with E-state index in [1.54, 1.807) is 59.1 Å². The van der Waals surface area contributed by atoms with Crippen LogP contribution in [0.5, 0.6) is 11.5 Å². The molecule has 5 aromatic rings. The molecule has 0 fully saturated rings. The van der Waals surface area contributed by atoms with Crippen LogP contribution in [-0.2, 0) is 12.6 Å². The number of hydrogen-bond acceptors (Lipinski definition) is 4. The van der Waals surface area contributed by atoms with Crippen molar-refractivity contribution in [1.29, 1.82) is 0 Å². The van der Waals surface area contributed by atoms with E-state index in [-0.39, 0.29) is 28.5 Å². The van der Waals surface area contributed by atoms with Crippen molar-refractivity contribution in [2.75, 3.05) is 5.32 Å². The number of H-pyrrole nitrogens is 1. The van der Waals surface area contributed by atoms with Crippen LogP contribution in [0.3, 0.4) is 0 Å². The number of nitrogens with one attached hydrogen (secondary N) is 2. The van der Waals surface area contributed by atoms with E-state index >= 15 is 0 Å². The van der Waals surface area contributed by atoms with E-state index < -0.39 is 5.60 Å². The molecule has 0 spiro atoms. The average Bonchev–Trinajstić information content (AvgIpc) is 3.42. The zero-order valence-corrected chi connectivity index (χ0v) is 26.1. The lowest BCUT2D eigenvalue weighted by Crippen LogP contribution is -2.18. The first kappa shape index (κ1) is 30.8. The number of pyridine rings is 1. The molecule has 5 rings (SSSR count). The Labute approximate surface area is 256 Å². The van der Waals surface area contributed by atoms with E-state index in [2.05, 4.69) is 24.1 Å². The Morgan fingerprint density at radius 2 is 1.70 bits per heavy atom. The molecule has 7 nitrogen and oxygen atoms in total. The normalized spacial score (nSPS) is 12.4. The van der Waals surface area contributed by atoms with Crippen molar-refractivity contribution < 1.29 is 19.0 Å². The third-order valence-corrected chi connectivity index (χ3v) is 8.17. The first-order valence-corrected chi connectivity index (χ1v) is 14.7. The summed E-state index contributed by atoms with van der Waals surface area (Å²) in [6, 6.07) is 17.6. The van der Waals surface area contributed by atoms with Gasteiger partial charge in [0, 0.05) is 35.4 Å². The van der Waals surface area contributed by atoms with Gasteiger partial charge in [0.2, 0.25) is 0 Å². The van der Waals surface area contributed by atoms with Gasteiger partial charge in [0.1, 0.15) is 28.5 Å². The fraction of sp³-hybridized carbons (Fsp3) is 0.278. The summed E-state index contributed by atoms with van der Waals surface area (Å²) in [5.41, 5.74) is 3.96. The summed E-state index contributed by atoms with van der Waals surface area (Å²) >= 11 is 0. The fourth-order valence-electron chi connectivity index (χ4n) is 5.38. The zero-order chi connectivity index (χ0) is 31.9. The lowest BCUT2D eigenvalue weighted by atomic mass is 9.93. The van der Waals surface area contributed by atoms with Gasteiger partial charge in [-0.05, 0) is 105 Å². The number of aromatic amines is 1. The highest BCUT2D eigenvalue weighted by Gasteiger charge is 2.23. The number of ether oxygens (including phenoxy) is 1. The number of fused-ring (bicyclic) bond motifs is 1. The van der Waals surface area contributed by atoms with Crippen LogP contribution in [-0.4, -0.2) is 20.6 Å². The van der Waals surface area contributed by atoms with Gasteiger partial charge in [-0.3, -0.25) is 9.59 Å². The Kier molecular flexibility index (Phi) is 8.23. The molecule has 1 amide bonds. The number of carbonyl (C=O) groups is 1. The highest BCUT2D eigenvalue weighted by atomic mass is 19.1. The van der Waals surface area contributed by atoms with Crippen molar-refractivity contribution in [3.8, 4) is 22.6 Å². The number of halogens is 1. The zero-order valence-electron chi connectivity index (χ0n) is 26.1. The first-order chi connectivity index (χ1) is 20.8. The van der Waals surface area contributed by atoms with Crippen LogP contribution in [0.15, 0.2) is 71.7 Å². The van der Waals surface area contributed by atoms with Gasteiger partial charge in [0.05, 0.1) is 5.60 Å². The predicted molar refractivity (Wildman–Crippen MR) is 173 cm³/mol. The molecule has 0 aliphatic heterocycles. The van der Waals surface area contributed by atoms with Crippen LogP contribution in [0.2, 0.25) is 0 Å². The lowest BCUT2D eigenvalue weighted by molar-refractivity contribution is 0.0786. The number of aryl methyl sites for hydroxylation is 3. The number of aliphatic hydroxyl groups is 1. The van der Waals surface area contributed by atoms with Crippen molar-refractivity contribution in [2.24, 2.45) is 7.05 Å². The third-order valence-electron chi connectivity index (χ3n) is 8.17. The Balaban J connectivity index is 1.62. The third kappa shape index (κ3) is 6.03. The molecule has 1 unspecified atom stereocenters. The van der Waals surface area contributed by atoms with Crippen molar-refractivity contribution in [3.05, 3.63) is 111 Å². The molecule has 228 valence electrons. The second-order valence-electron chi connectivity index (χ2n) is 12.1. The van der Waals surface area contributed by atoms with Gasteiger partial charge in [0.25, 0.3) is 11.5 Å². The van der Waals surface area contributed by atoms with Crippen LogP contribution in [0.1, 0.15) is 72.8 Å². The van der Waals surface area contributed by atoms with Gasteiger partial charge in [-0.25, -0.2) is 4.39 Å². The molecule has 2 heterocycles. The van der Waals surface area contributed by atoms with Crippen LogP contribution in [0.4, 0.5) is 10.1 Å². The molecule has 0 aliphatic carbocycles. The molecule has 0 saturated heterocycles. The molecule has 3 N–H and O–H groups in total. The van der Waals surface area contributed by atoms with Crippen LogP contribution >= 0.6 is 0 Å². The quantitative estimate of drug-likeness (QED) is 0.169. The molecule has 8 heteroatoms. The summed E-state index contributed by atoms with van der Waals surface area (Å²) in [7, 11) is 1.64. The summed E-state index contributed by atoms with van der Waals surface area (Å²) in [6.45, 7) is 11.2. The van der Waals surface area contributed by atoms with Gasteiger partial charge in [0.15, 0.2) is 0 Å². The van der Waals surface area contributed by atoms with Crippen molar-refractivity contribution >= 4 is 22.5 Å². The van der Waals surface area contributed by atoms with Gasteiger partial charge in [-0.2, -0.15) is 0 Å². The van der Waals surface area contributed by atoms with Crippen LogP contribution in [0.25, 0.3) is 22.0 Å². The second kappa shape index (κ2) is 11.8. The smallest absolute Gasteiger partial charge is 0.274 e. The molecular formula is C36H38FN3O4. The average molecular weight is 596 g/mol. The maximum absolute atomic E-state index is 14.0. The number of carbonyl (C=O) groups excluding carboxylic acids is 1. The van der Waals surface area contributed by atoms with Gasteiger partial charge < -0.3 is 24.7 Å². The van der Waals surface area contributed by atoms with Crippen LogP contribution < -0.4 is 15.6 Å². The number of rotatable bonds is 8. The molecule has 0 saturated carbocycles. The van der Waals surface area contributed by atoms with E-state index in [0.29, 0.717) is 56.3 Å². The number of benzene rings is 3. The number of nitrogens with zero attached hydrogens (tertiary/aromatic N) is 1. The highest BCUT2D eigenvalue weighted by molar-refractivity contribution is 6.08. The lowest BCUT2D eigenvalue weighted by Gasteiger charge is -2.22. The molecule has 0 bridgehead atoms. The molecule has 0 radical (unpaired) electrons. The van der Waals surface area contributed by atoms with E-state index in [4.69, 9.17) is 4.74 Å². The van der Waals surface area contributed by atoms with Gasteiger partial charge in [-0.15, -0.1) is 0 Å². The minimum atomic E-state index is -1.16. The van der Waals surface area contributed by atoms with E-state index in [0.717, 1.165) is 6.42 Å². The Bertz CT molecular complexity index is 1910. The topological polar surface area (TPSA) is 96.3 Å². The molecule has 0 aliphatic rings. The molecular weight excluding hydrogens is 557 g/mol. The molecule has 3 aromatic carbocycles. The number of aromatic nitrogens is 2. The number of hydrogen-bond donors (Lipinski definition) is 3. The van der Waals surface area contributed by atoms with Crippen molar-refractivity contribution in [1.82, 2.24) is 9.55 Å². The molecule has 2 aromatic heterocycles. The van der Waals surface area contributed by atoms with Crippen molar-refractivity contribution in [2.45, 2.75) is 59.5 Å². The Hall–Kier alpha value is -4.69. The van der Waals surface area contributed by atoms with E-state index in [1.807, 2.05) is 30.3 Å². The monoisotopic (exact) mass is 595 g/mol. The summed E-state index contributed by atoms with van der Waals surface area (Å²) in [5.74, 6) is 0.643. The standard InChI is InChI=1S/C36H38FN3O4/c1-8-20(2)23-9-12-26(13-10-23)38-34(41)30-18-28-29(19-40(7)35(42)32(28)39-30)27-17-24(36(5,6)43)11-14-31(27)44-33-21(3)15-25(37)16-22(33)4/h9-20,39,43H,8H2,1-7H3,(H,38,41). The van der Waals surface area contributed by atoms with Crippen molar-refractivity contribution in [3.63, 3.8) is 0 Å². The van der Waals surface area contributed by atoms with Crippen LogP contribution in [0, 0.1) is 19.7 Å². The molecule has 1 atom stereocenters. The van der Waals surface area contributed by atoms with E-state index in [1.165, 1.54) is 22.3 Å². The highest BCUT2D eigenvalue weighted by Crippen LogP contribution is 2.41. The fourth-order valence-corrected chi connectivity index (χ4v) is 5.38. The largest absolute Gasteiger partial charge is 0.456 e.